The Morgan fingerprint density at radius 2 is 1.83 bits per heavy atom. The average Bonchev–Trinajstić information content (AvgIpc) is 3.27. The van der Waals surface area contributed by atoms with E-state index in [2.05, 4.69) is 0 Å². The van der Waals surface area contributed by atoms with E-state index in [1.54, 1.807) is 30.3 Å². The number of fused-ring (bicyclic) bond motifs is 1. The second-order valence-corrected chi connectivity index (χ2v) is 8.00. The van der Waals surface area contributed by atoms with Crippen LogP contribution in [-0.4, -0.2) is 35.4 Å². The molecule has 156 valence electrons. The first kappa shape index (κ1) is 20.4. The molecule has 1 aliphatic heterocycles. The highest BCUT2D eigenvalue weighted by atomic mass is 16.6. The van der Waals surface area contributed by atoms with Crippen molar-refractivity contribution in [2.75, 3.05) is 0 Å². The predicted octanol–water partition coefficient (Wildman–Crippen LogP) is 3.71. The van der Waals surface area contributed by atoms with Crippen molar-refractivity contribution < 1.29 is 24.2 Å². The van der Waals surface area contributed by atoms with E-state index in [1.165, 1.54) is 5.56 Å². The number of ether oxygens (including phenoxy) is 2. The smallest absolute Gasteiger partial charge is 0.338 e. The van der Waals surface area contributed by atoms with Gasteiger partial charge in [-0.2, -0.15) is 0 Å². The molecule has 2 fully saturated rings. The molecule has 30 heavy (non-hydrogen) atoms. The van der Waals surface area contributed by atoms with Gasteiger partial charge in [0.25, 0.3) is 0 Å². The zero-order valence-corrected chi connectivity index (χ0v) is 16.7. The van der Waals surface area contributed by atoms with Crippen molar-refractivity contribution >= 4 is 11.9 Å². The number of aliphatic hydroxyl groups excluding tert-OH is 1. The molecule has 1 heterocycles. The highest BCUT2D eigenvalue weighted by Gasteiger charge is 2.50. The summed E-state index contributed by atoms with van der Waals surface area (Å²) in [6, 6.07) is 18.9. The minimum atomic E-state index is -0.604. The second kappa shape index (κ2) is 9.26. The molecule has 4 rings (SSSR count). The van der Waals surface area contributed by atoms with Gasteiger partial charge in [-0.3, -0.25) is 4.79 Å². The van der Waals surface area contributed by atoms with Gasteiger partial charge in [0, 0.05) is 18.3 Å². The molecule has 0 spiro atoms. The molecule has 1 N–H and O–H groups in total. The Morgan fingerprint density at radius 1 is 1.13 bits per heavy atom. The van der Waals surface area contributed by atoms with E-state index in [-0.39, 0.29) is 36.0 Å². The van der Waals surface area contributed by atoms with Gasteiger partial charge in [-0.25, -0.2) is 4.79 Å². The van der Waals surface area contributed by atoms with Gasteiger partial charge >= 0.3 is 11.9 Å². The van der Waals surface area contributed by atoms with Gasteiger partial charge in [-0.1, -0.05) is 60.7 Å². The summed E-state index contributed by atoms with van der Waals surface area (Å²) in [7, 11) is 0. The monoisotopic (exact) mass is 406 g/mol. The fourth-order valence-corrected chi connectivity index (χ4v) is 4.38. The number of carbonyl (C=O) groups excluding carboxylic acids is 2. The van der Waals surface area contributed by atoms with Crippen molar-refractivity contribution in [1.29, 1.82) is 0 Å². The first-order valence-corrected chi connectivity index (χ1v) is 10.5. The molecule has 0 unspecified atom stereocenters. The summed E-state index contributed by atoms with van der Waals surface area (Å²) in [6.45, 7) is 0. The number of benzene rings is 2. The standard InChI is InChI=1S/C25H26O5/c26-19(12-11-17-7-3-1-4-8-17)13-14-20-21-15-24(27)29-23(21)16-22(20)30-25(28)18-9-5-2-6-10-18/h1-10,13-14,19-23,26H,11-12,15-16H2/b14-13+/t19-,20+,21+,22+,23-/m0/s1. The lowest BCUT2D eigenvalue weighted by molar-refractivity contribution is -0.141. The van der Waals surface area contributed by atoms with Crippen LogP contribution in [-0.2, 0) is 20.7 Å². The van der Waals surface area contributed by atoms with E-state index in [9.17, 15) is 14.7 Å². The maximum absolute atomic E-state index is 12.5. The zero-order chi connectivity index (χ0) is 20.9. The third-order valence-corrected chi connectivity index (χ3v) is 5.95. The number of aliphatic hydroxyl groups is 1. The van der Waals surface area contributed by atoms with Crippen LogP contribution in [0.4, 0.5) is 0 Å². The van der Waals surface area contributed by atoms with Crippen LogP contribution in [0, 0.1) is 11.8 Å². The molecule has 0 aromatic heterocycles. The van der Waals surface area contributed by atoms with E-state index in [1.807, 2.05) is 42.5 Å². The molecule has 1 aliphatic carbocycles. The number of esters is 2. The van der Waals surface area contributed by atoms with Gasteiger partial charge in [0.2, 0.25) is 0 Å². The normalized spacial score (nSPS) is 26.4. The molecule has 2 aliphatic rings. The molecule has 5 nitrogen and oxygen atoms in total. The van der Waals surface area contributed by atoms with Crippen LogP contribution in [0.1, 0.15) is 35.2 Å². The fraction of sp³-hybridized carbons (Fsp3) is 0.360. The van der Waals surface area contributed by atoms with Gasteiger partial charge in [0.05, 0.1) is 18.1 Å². The number of hydrogen-bond donors (Lipinski definition) is 1. The lowest BCUT2D eigenvalue weighted by atomic mass is 9.91. The van der Waals surface area contributed by atoms with Crippen molar-refractivity contribution in [2.24, 2.45) is 11.8 Å². The Morgan fingerprint density at radius 3 is 2.57 bits per heavy atom. The Hall–Kier alpha value is -2.92. The third-order valence-electron chi connectivity index (χ3n) is 5.95. The number of aryl methyl sites for hydroxylation is 1. The van der Waals surface area contributed by atoms with Crippen molar-refractivity contribution in [3.8, 4) is 0 Å². The molecule has 0 amide bonds. The van der Waals surface area contributed by atoms with Crippen LogP contribution in [0.25, 0.3) is 0 Å². The SMILES string of the molecule is O=C1C[C@@H]2[C@@H](/C=C/[C@@H](O)CCc3ccccc3)[C@H](OC(=O)c3ccccc3)C[C@@H]2O1. The Balaban J connectivity index is 1.41. The molecule has 1 saturated heterocycles. The minimum absolute atomic E-state index is 0.0244. The van der Waals surface area contributed by atoms with E-state index in [0.717, 1.165) is 6.42 Å². The van der Waals surface area contributed by atoms with Crippen molar-refractivity contribution in [1.82, 2.24) is 0 Å². The molecule has 2 aromatic rings. The summed E-state index contributed by atoms with van der Waals surface area (Å²) in [5.41, 5.74) is 1.67. The lowest BCUT2D eigenvalue weighted by Crippen LogP contribution is -2.25. The number of rotatable bonds is 7. The molecule has 2 aromatic carbocycles. The molecular weight excluding hydrogens is 380 g/mol. The van der Waals surface area contributed by atoms with Gasteiger partial charge in [-0.15, -0.1) is 0 Å². The Kier molecular flexibility index (Phi) is 6.29. The fourth-order valence-electron chi connectivity index (χ4n) is 4.38. The largest absolute Gasteiger partial charge is 0.462 e. The minimum Gasteiger partial charge on any atom is -0.462 e. The number of hydrogen-bond acceptors (Lipinski definition) is 5. The topological polar surface area (TPSA) is 72.8 Å². The first-order chi connectivity index (χ1) is 14.6. The molecule has 5 heteroatoms. The van der Waals surface area contributed by atoms with Crippen LogP contribution in [0.15, 0.2) is 72.8 Å². The summed E-state index contributed by atoms with van der Waals surface area (Å²) >= 11 is 0. The molecule has 1 saturated carbocycles. The summed E-state index contributed by atoms with van der Waals surface area (Å²) in [4.78, 5) is 24.3. The van der Waals surface area contributed by atoms with Crippen LogP contribution in [0.2, 0.25) is 0 Å². The Labute approximate surface area is 176 Å². The Bertz CT molecular complexity index is 892. The summed E-state index contributed by atoms with van der Waals surface area (Å²) < 4.78 is 11.2. The van der Waals surface area contributed by atoms with Crippen molar-refractivity contribution in [3.05, 3.63) is 83.9 Å². The van der Waals surface area contributed by atoms with Crippen LogP contribution < -0.4 is 0 Å². The van der Waals surface area contributed by atoms with Crippen molar-refractivity contribution in [3.63, 3.8) is 0 Å². The average molecular weight is 406 g/mol. The van der Waals surface area contributed by atoms with Crippen molar-refractivity contribution in [2.45, 2.75) is 44.0 Å². The van der Waals surface area contributed by atoms with E-state index < -0.39 is 6.10 Å². The van der Waals surface area contributed by atoms with E-state index >= 15 is 0 Å². The van der Waals surface area contributed by atoms with E-state index in [0.29, 0.717) is 24.8 Å². The second-order valence-electron chi connectivity index (χ2n) is 8.00. The third kappa shape index (κ3) is 4.79. The highest BCUT2D eigenvalue weighted by molar-refractivity contribution is 5.89. The number of carbonyl (C=O) groups is 2. The summed E-state index contributed by atoms with van der Waals surface area (Å²) in [6.07, 6.45) is 4.65. The zero-order valence-electron chi connectivity index (χ0n) is 16.7. The lowest BCUT2D eigenvalue weighted by Gasteiger charge is -2.20. The van der Waals surface area contributed by atoms with Crippen LogP contribution >= 0.6 is 0 Å². The maximum atomic E-state index is 12.5. The summed E-state index contributed by atoms with van der Waals surface area (Å²) in [5, 5.41) is 10.4. The first-order valence-electron chi connectivity index (χ1n) is 10.5. The van der Waals surface area contributed by atoms with Crippen LogP contribution in [0.3, 0.4) is 0 Å². The molecular formula is C25H26O5. The highest BCUT2D eigenvalue weighted by Crippen LogP contribution is 2.43. The molecule has 5 atom stereocenters. The van der Waals surface area contributed by atoms with Crippen LogP contribution in [0.5, 0.6) is 0 Å². The van der Waals surface area contributed by atoms with Gasteiger partial charge < -0.3 is 14.6 Å². The molecule has 0 radical (unpaired) electrons. The van der Waals surface area contributed by atoms with E-state index in [4.69, 9.17) is 9.47 Å². The molecule has 0 bridgehead atoms. The van der Waals surface area contributed by atoms with Gasteiger partial charge in [-0.05, 0) is 30.5 Å². The summed E-state index contributed by atoms with van der Waals surface area (Å²) in [5.74, 6) is -0.764. The maximum Gasteiger partial charge on any atom is 0.338 e. The quantitative estimate of drug-likeness (QED) is 0.561. The van der Waals surface area contributed by atoms with Gasteiger partial charge in [0.1, 0.15) is 12.2 Å². The predicted molar refractivity (Wildman–Crippen MR) is 112 cm³/mol. The van der Waals surface area contributed by atoms with Gasteiger partial charge in [0.15, 0.2) is 0 Å².